The van der Waals surface area contributed by atoms with Gasteiger partial charge in [-0.15, -0.1) is 11.3 Å². The Bertz CT molecular complexity index is 946. The van der Waals surface area contributed by atoms with E-state index in [4.69, 9.17) is 17.0 Å². The van der Waals surface area contributed by atoms with Gasteiger partial charge in [0.25, 0.3) is 5.91 Å². The average Bonchev–Trinajstić information content (AvgIpc) is 3.23. The number of hydrogen-bond acceptors (Lipinski definition) is 5. The van der Waals surface area contributed by atoms with Crippen LogP contribution in [0, 0.1) is 5.41 Å². The molecule has 0 fully saturated rings. The summed E-state index contributed by atoms with van der Waals surface area (Å²) in [5.74, 6) is -0.384. The van der Waals surface area contributed by atoms with Crippen molar-refractivity contribution in [1.29, 1.82) is 5.41 Å². The zero-order chi connectivity index (χ0) is 17.4. The fraction of sp³-hybridized carbons (Fsp3) is 0.0588. The number of thioether (sulfide) groups is 1. The van der Waals surface area contributed by atoms with E-state index in [0.717, 1.165) is 10.6 Å². The number of amides is 1. The van der Waals surface area contributed by atoms with E-state index in [-0.39, 0.29) is 11.4 Å². The van der Waals surface area contributed by atoms with Gasteiger partial charge in [0.1, 0.15) is 5.04 Å². The summed E-state index contributed by atoms with van der Waals surface area (Å²) in [5.41, 5.74) is 0.999. The molecule has 124 valence electrons. The Balaban J connectivity index is 1.62. The molecule has 4 rings (SSSR count). The first-order valence-electron chi connectivity index (χ1n) is 7.37. The minimum absolute atomic E-state index is 0.0404. The van der Waals surface area contributed by atoms with Crippen molar-refractivity contribution >= 4 is 62.7 Å². The van der Waals surface area contributed by atoms with Crippen LogP contribution in [0.2, 0.25) is 5.02 Å². The molecule has 0 atom stereocenters. The van der Waals surface area contributed by atoms with Crippen molar-refractivity contribution < 1.29 is 4.79 Å². The minimum Gasteiger partial charge on any atom is -0.282 e. The highest BCUT2D eigenvalue weighted by molar-refractivity contribution is 8.27. The fourth-order valence-electron chi connectivity index (χ4n) is 2.39. The van der Waals surface area contributed by atoms with Crippen LogP contribution in [0.1, 0.15) is 10.4 Å². The monoisotopic (exact) mass is 386 g/mol. The van der Waals surface area contributed by atoms with Gasteiger partial charge in [-0.25, -0.2) is 0 Å². The van der Waals surface area contributed by atoms with Gasteiger partial charge >= 0.3 is 0 Å². The molecule has 1 aromatic heterocycles. The number of aliphatic imine (C=N–C) groups is 1. The van der Waals surface area contributed by atoms with Gasteiger partial charge in [-0.1, -0.05) is 29.8 Å². The third-order valence-corrected chi connectivity index (χ3v) is 5.62. The van der Waals surface area contributed by atoms with E-state index in [9.17, 15) is 4.79 Å². The summed E-state index contributed by atoms with van der Waals surface area (Å²) in [4.78, 5) is 17.6. The summed E-state index contributed by atoms with van der Waals surface area (Å²) in [6, 6.07) is 11.1. The highest BCUT2D eigenvalue weighted by atomic mass is 35.5. The maximum atomic E-state index is 12.3. The van der Waals surface area contributed by atoms with E-state index in [2.05, 4.69) is 10.1 Å². The van der Waals surface area contributed by atoms with Crippen LogP contribution >= 0.6 is 34.7 Å². The maximum absolute atomic E-state index is 12.3. The van der Waals surface area contributed by atoms with Crippen LogP contribution < -0.4 is 0 Å². The van der Waals surface area contributed by atoms with Crippen molar-refractivity contribution in [2.45, 2.75) is 6.42 Å². The van der Waals surface area contributed by atoms with E-state index < -0.39 is 5.91 Å². The molecule has 0 spiro atoms. The van der Waals surface area contributed by atoms with E-state index in [1.54, 1.807) is 41.7 Å². The molecule has 2 aliphatic rings. The van der Waals surface area contributed by atoms with Gasteiger partial charge < -0.3 is 0 Å². The summed E-state index contributed by atoms with van der Waals surface area (Å²) in [6.07, 6.45) is 2.31. The molecule has 1 N–H and O–H groups in total. The fourth-order valence-corrected chi connectivity index (χ4v) is 4.23. The molecule has 2 aliphatic heterocycles. The summed E-state index contributed by atoms with van der Waals surface area (Å²) < 4.78 is 0. The van der Waals surface area contributed by atoms with E-state index in [1.165, 1.54) is 21.6 Å². The van der Waals surface area contributed by atoms with Crippen molar-refractivity contribution in [2.75, 3.05) is 0 Å². The third-order valence-electron chi connectivity index (χ3n) is 3.58. The Kier molecular flexibility index (Phi) is 4.29. The lowest BCUT2D eigenvalue weighted by Gasteiger charge is -2.20. The smallest absolute Gasteiger partial charge is 0.282 e. The van der Waals surface area contributed by atoms with Crippen molar-refractivity contribution in [2.24, 2.45) is 10.1 Å². The molecule has 0 aliphatic carbocycles. The van der Waals surface area contributed by atoms with Crippen LogP contribution in [0.25, 0.3) is 6.08 Å². The Morgan fingerprint density at radius 2 is 2.04 bits per heavy atom. The number of hydrazone groups is 1. The summed E-state index contributed by atoms with van der Waals surface area (Å²) in [7, 11) is 0. The molecular formula is C17H11ClN4OS2. The summed E-state index contributed by atoms with van der Waals surface area (Å²) >= 11 is 8.87. The molecule has 0 bridgehead atoms. The van der Waals surface area contributed by atoms with E-state index >= 15 is 0 Å². The number of nitrogens with zero attached hydrogens (tertiary/aromatic N) is 3. The Labute approximate surface area is 157 Å². The molecule has 0 unspecified atom stereocenters. The molecule has 2 aromatic rings. The van der Waals surface area contributed by atoms with Gasteiger partial charge in [-0.3, -0.25) is 10.2 Å². The number of benzene rings is 1. The molecule has 5 nitrogen and oxygen atoms in total. The van der Waals surface area contributed by atoms with Crippen LogP contribution in [0.15, 0.2) is 57.4 Å². The number of thiophene rings is 1. The first kappa shape index (κ1) is 16.3. The predicted molar refractivity (Wildman–Crippen MR) is 104 cm³/mol. The molecule has 25 heavy (non-hydrogen) atoms. The van der Waals surface area contributed by atoms with Gasteiger partial charge in [0.2, 0.25) is 5.17 Å². The van der Waals surface area contributed by atoms with Crippen molar-refractivity contribution in [3.63, 3.8) is 0 Å². The van der Waals surface area contributed by atoms with E-state index in [0.29, 0.717) is 16.6 Å². The standard InChI is InChI=1S/C17H11ClN4OS2/c18-11-5-3-10(4-6-11)8-13-15(19)22-17(20-16(13)23)25-14(21-22)9-12-2-1-7-24-12/h1-8,19H,9H2/b13-8-,19-15?. The lowest BCUT2D eigenvalue weighted by molar-refractivity contribution is -0.114. The van der Waals surface area contributed by atoms with Crippen LogP contribution in [-0.2, 0) is 11.2 Å². The molecule has 1 aromatic carbocycles. The first-order chi connectivity index (χ1) is 12.1. The van der Waals surface area contributed by atoms with Crippen LogP contribution in [0.4, 0.5) is 0 Å². The highest BCUT2D eigenvalue weighted by Gasteiger charge is 2.35. The molecule has 8 heteroatoms. The van der Waals surface area contributed by atoms with Gasteiger partial charge in [0.05, 0.1) is 5.57 Å². The number of nitrogens with one attached hydrogen (secondary N) is 1. The number of carbonyl (C=O) groups is 1. The Morgan fingerprint density at radius 3 is 2.76 bits per heavy atom. The Morgan fingerprint density at radius 1 is 1.24 bits per heavy atom. The normalized spacial score (nSPS) is 18.4. The third kappa shape index (κ3) is 3.30. The van der Waals surface area contributed by atoms with Gasteiger partial charge in [0, 0.05) is 16.3 Å². The zero-order valence-corrected chi connectivity index (χ0v) is 15.2. The van der Waals surface area contributed by atoms with Crippen molar-refractivity contribution in [1.82, 2.24) is 5.01 Å². The molecule has 0 saturated carbocycles. The van der Waals surface area contributed by atoms with E-state index in [1.807, 2.05) is 17.5 Å². The molecule has 1 amide bonds. The summed E-state index contributed by atoms with van der Waals surface area (Å²) in [6.45, 7) is 0. The predicted octanol–water partition coefficient (Wildman–Crippen LogP) is 4.26. The summed E-state index contributed by atoms with van der Waals surface area (Å²) in [5, 5.41) is 18.1. The average molecular weight is 387 g/mol. The molecule has 0 saturated heterocycles. The largest absolute Gasteiger partial charge is 0.283 e. The lowest BCUT2D eigenvalue weighted by Crippen LogP contribution is -2.35. The lowest BCUT2D eigenvalue weighted by atomic mass is 10.1. The van der Waals surface area contributed by atoms with Crippen molar-refractivity contribution in [3.05, 3.63) is 62.8 Å². The van der Waals surface area contributed by atoms with Crippen LogP contribution in [0.3, 0.4) is 0 Å². The molecular weight excluding hydrogens is 376 g/mol. The quantitative estimate of drug-likeness (QED) is 0.801. The second kappa shape index (κ2) is 6.59. The number of hydrogen-bond donors (Lipinski definition) is 1. The second-order valence-electron chi connectivity index (χ2n) is 5.32. The number of halogens is 1. The molecule has 0 radical (unpaired) electrons. The van der Waals surface area contributed by atoms with Gasteiger partial charge in [0.15, 0.2) is 5.84 Å². The first-order valence-corrected chi connectivity index (χ1v) is 9.44. The highest BCUT2D eigenvalue weighted by Crippen LogP contribution is 2.30. The van der Waals surface area contributed by atoms with Gasteiger partial charge in [-0.2, -0.15) is 15.1 Å². The number of carbonyl (C=O) groups excluding carboxylic acids is 1. The van der Waals surface area contributed by atoms with Gasteiger partial charge in [-0.05, 0) is 47.0 Å². The number of rotatable bonds is 3. The topological polar surface area (TPSA) is 68.9 Å². The number of fused-ring (bicyclic) bond motifs is 1. The maximum Gasteiger partial charge on any atom is 0.283 e. The minimum atomic E-state index is -0.425. The molecule has 3 heterocycles. The Hall–Kier alpha value is -2.22. The zero-order valence-electron chi connectivity index (χ0n) is 12.8. The van der Waals surface area contributed by atoms with Crippen LogP contribution in [0.5, 0.6) is 0 Å². The van der Waals surface area contributed by atoms with Crippen LogP contribution in [-0.4, -0.2) is 27.0 Å². The number of amidine groups is 2. The van der Waals surface area contributed by atoms with Crippen molar-refractivity contribution in [3.8, 4) is 0 Å². The second-order valence-corrected chi connectivity index (χ2v) is 7.83. The SMILES string of the molecule is N=C1/C(=C/c2ccc(Cl)cc2)C(=O)N=C2SC(Cc3cccs3)=NN12.